The van der Waals surface area contributed by atoms with Gasteiger partial charge in [-0.3, -0.25) is 9.78 Å². The Bertz CT molecular complexity index is 1030. The van der Waals surface area contributed by atoms with E-state index in [2.05, 4.69) is 15.4 Å². The molecule has 0 saturated heterocycles. The Labute approximate surface area is 163 Å². The number of nitrogens with one attached hydrogen (secondary N) is 1. The molecule has 28 heavy (non-hydrogen) atoms. The number of halogens is 4. The van der Waals surface area contributed by atoms with Crippen LogP contribution >= 0.6 is 11.6 Å². The van der Waals surface area contributed by atoms with Gasteiger partial charge in [-0.1, -0.05) is 23.7 Å². The third kappa shape index (κ3) is 4.51. The summed E-state index contributed by atoms with van der Waals surface area (Å²) in [5, 5.41) is 6.82. The Hall–Kier alpha value is -2.87. The zero-order valence-corrected chi connectivity index (χ0v) is 15.6. The van der Waals surface area contributed by atoms with E-state index in [1.807, 2.05) is 19.1 Å². The fraction of sp³-hybridized carbons (Fsp3) is 0.211. The molecule has 0 radical (unpaired) electrons. The summed E-state index contributed by atoms with van der Waals surface area (Å²) in [6.45, 7) is 2.38. The molecule has 9 heteroatoms. The monoisotopic (exact) mass is 408 g/mol. The van der Waals surface area contributed by atoms with E-state index >= 15 is 0 Å². The number of alkyl halides is 3. The summed E-state index contributed by atoms with van der Waals surface area (Å²) in [6.07, 6.45) is -0.782. The maximum absolute atomic E-state index is 12.9. The van der Waals surface area contributed by atoms with Gasteiger partial charge in [0.1, 0.15) is 5.02 Å². The molecule has 0 aliphatic carbocycles. The van der Waals surface area contributed by atoms with Crippen LogP contribution in [0.25, 0.3) is 5.69 Å². The predicted molar refractivity (Wildman–Crippen MR) is 101 cm³/mol. The van der Waals surface area contributed by atoms with Crippen LogP contribution in [0.5, 0.6) is 0 Å². The molecule has 0 aliphatic heterocycles. The topological polar surface area (TPSA) is 59.8 Å². The molecular formula is C19H16ClF3N4O. The van der Waals surface area contributed by atoms with Crippen molar-refractivity contribution in [3.63, 3.8) is 0 Å². The van der Waals surface area contributed by atoms with Crippen LogP contribution in [0.1, 0.15) is 16.8 Å². The van der Waals surface area contributed by atoms with Gasteiger partial charge in [-0.25, -0.2) is 0 Å². The summed E-state index contributed by atoms with van der Waals surface area (Å²) in [6, 6.07) is 8.20. The van der Waals surface area contributed by atoms with Crippen LogP contribution in [0.4, 0.5) is 18.9 Å². The number of nitrogens with zero attached hydrogens (tertiary/aromatic N) is 3. The smallest absolute Gasteiger partial charge is 0.382 e. The zero-order valence-electron chi connectivity index (χ0n) is 14.8. The Balaban J connectivity index is 1.78. The molecule has 0 bridgehead atoms. The van der Waals surface area contributed by atoms with Crippen molar-refractivity contribution in [2.75, 3.05) is 11.9 Å². The second-order valence-electron chi connectivity index (χ2n) is 6.12. The summed E-state index contributed by atoms with van der Waals surface area (Å²) in [4.78, 5) is 16.7. The van der Waals surface area contributed by atoms with Gasteiger partial charge in [0.15, 0.2) is 0 Å². The van der Waals surface area contributed by atoms with E-state index in [1.54, 1.807) is 6.20 Å². The molecule has 0 atom stereocenters. The van der Waals surface area contributed by atoms with Crippen molar-refractivity contribution in [1.82, 2.24) is 14.8 Å². The number of aryl methyl sites for hydroxylation is 1. The number of benzene rings is 1. The summed E-state index contributed by atoms with van der Waals surface area (Å²) in [5.41, 5.74) is 0.655. The van der Waals surface area contributed by atoms with Crippen molar-refractivity contribution >= 4 is 17.3 Å². The Morgan fingerprint density at radius 3 is 2.64 bits per heavy atom. The van der Waals surface area contributed by atoms with Crippen molar-refractivity contribution in [2.24, 2.45) is 0 Å². The molecule has 2 heterocycles. The lowest BCUT2D eigenvalue weighted by molar-refractivity contribution is -0.137. The third-order valence-electron chi connectivity index (χ3n) is 4.04. The van der Waals surface area contributed by atoms with Gasteiger partial charge in [-0.15, -0.1) is 0 Å². The summed E-state index contributed by atoms with van der Waals surface area (Å²) in [5.74, 6) is 0. The molecule has 1 aromatic carbocycles. The van der Waals surface area contributed by atoms with Crippen LogP contribution in [0.2, 0.25) is 5.02 Å². The van der Waals surface area contributed by atoms with E-state index in [-0.39, 0.29) is 10.7 Å². The lowest BCUT2D eigenvalue weighted by Crippen LogP contribution is -2.23. The Kier molecular flexibility index (Phi) is 5.69. The van der Waals surface area contributed by atoms with Crippen molar-refractivity contribution < 1.29 is 13.2 Å². The van der Waals surface area contributed by atoms with E-state index in [1.165, 1.54) is 18.3 Å². The predicted octanol–water partition coefficient (Wildman–Crippen LogP) is 4.26. The van der Waals surface area contributed by atoms with E-state index in [9.17, 15) is 18.0 Å². The van der Waals surface area contributed by atoms with Gasteiger partial charge in [-0.05, 0) is 43.2 Å². The average Bonchev–Trinajstić information content (AvgIpc) is 2.66. The minimum absolute atomic E-state index is 0.0148. The average molecular weight is 409 g/mol. The largest absolute Gasteiger partial charge is 0.416 e. The Morgan fingerprint density at radius 1 is 1.18 bits per heavy atom. The molecule has 5 nitrogen and oxygen atoms in total. The highest BCUT2D eigenvalue weighted by atomic mass is 35.5. The van der Waals surface area contributed by atoms with Gasteiger partial charge >= 0.3 is 6.18 Å². The first-order valence-electron chi connectivity index (χ1n) is 8.36. The number of hydrogen-bond acceptors (Lipinski definition) is 4. The van der Waals surface area contributed by atoms with Crippen molar-refractivity contribution in [3.8, 4) is 5.69 Å². The first kappa shape index (κ1) is 19.9. The highest BCUT2D eigenvalue weighted by molar-refractivity contribution is 6.32. The van der Waals surface area contributed by atoms with Gasteiger partial charge in [0.25, 0.3) is 5.56 Å². The molecule has 3 rings (SSSR count). The standard InChI is InChI=1S/C19H16ClF3N4O/c1-12-5-6-13(10-25-12)7-8-24-16-11-26-27(18(28)17(16)20)15-4-2-3-14(9-15)19(21,22)23/h2-6,9-11,24H,7-8H2,1H3. The molecule has 0 amide bonds. The molecule has 0 spiro atoms. The number of aromatic nitrogens is 3. The maximum Gasteiger partial charge on any atom is 0.416 e. The van der Waals surface area contributed by atoms with Crippen LogP contribution in [0, 0.1) is 6.92 Å². The van der Waals surface area contributed by atoms with E-state index < -0.39 is 17.3 Å². The molecule has 1 N–H and O–H groups in total. The number of anilines is 1. The van der Waals surface area contributed by atoms with Crippen LogP contribution in [-0.4, -0.2) is 21.3 Å². The van der Waals surface area contributed by atoms with Gasteiger partial charge in [0.2, 0.25) is 0 Å². The zero-order chi connectivity index (χ0) is 20.3. The van der Waals surface area contributed by atoms with Crippen LogP contribution in [0.3, 0.4) is 0 Å². The molecule has 0 unspecified atom stereocenters. The van der Waals surface area contributed by atoms with Gasteiger partial charge < -0.3 is 5.32 Å². The van der Waals surface area contributed by atoms with E-state index in [0.29, 0.717) is 18.7 Å². The maximum atomic E-state index is 12.9. The molecule has 0 aliphatic rings. The molecule has 0 fully saturated rings. The van der Waals surface area contributed by atoms with E-state index in [0.717, 1.165) is 28.1 Å². The van der Waals surface area contributed by atoms with E-state index in [4.69, 9.17) is 11.6 Å². The molecule has 2 aromatic heterocycles. The van der Waals surface area contributed by atoms with Crippen LogP contribution in [-0.2, 0) is 12.6 Å². The van der Waals surface area contributed by atoms with Crippen LogP contribution in [0.15, 0.2) is 53.6 Å². The first-order valence-corrected chi connectivity index (χ1v) is 8.74. The molecule has 146 valence electrons. The lowest BCUT2D eigenvalue weighted by Gasteiger charge is -2.12. The van der Waals surface area contributed by atoms with Crippen molar-refractivity contribution in [3.05, 3.63) is 81.0 Å². The summed E-state index contributed by atoms with van der Waals surface area (Å²) < 4.78 is 39.5. The molecular weight excluding hydrogens is 393 g/mol. The number of hydrogen-bond donors (Lipinski definition) is 1. The fourth-order valence-corrected chi connectivity index (χ4v) is 2.74. The summed E-state index contributed by atoms with van der Waals surface area (Å²) in [7, 11) is 0. The quantitative estimate of drug-likeness (QED) is 0.685. The SMILES string of the molecule is Cc1ccc(CCNc2cnn(-c3cccc(C(F)(F)F)c3)c(=O)c2Cl)cn1. The highest BCUT2D eigenvalue weighted by Crippen LogP contribution is 2.30. The molecule has 0 saturated carbocycles. The van der Waals surface area contributed by atoms with Crippen LogP contribution < -0.4 is 10.9 Å². The lowest BCUT2D eigenvalue weighted by atomic mass is 10.2. The number of pyridine rings is 1. The number of rotatable bonds is 5. The third-order valence-corrected chi connectivity index (χ3v) is 4.40. The normalized spacial score (nSPS) is 11.5. The molecule has 3 aromatic rings. The minimum atomic E-state index is -4.52. The van der Waals surface area contributed by atoms with Gasteiger partial charge in [0.05, 0.1) is 23.1 Å². The second-order valence-corrected chi connectivity index (χ2v) is 6.50. The fourth-order valence-electron chi connectivity index (χ4n) is 2.54. The van der Waals surface area contributed by atoms with Crippen molar-refractivity contribution in [1.29, 1.82) is 0 Å². The minimum Gasteiger partial charge on any atom is -0.382 e. The van der Waals surface area contributed by atoms with Crippen molar-refractivity contribution in [2.45, 2.75) is 19.5 Å². The Morgan fingerprint density at radius 2 is 1.96 bits per heavy atom. The van der Waals surface area contributed by atoms with Gasteiger partial charge in [0, 0.05) is 18.4 Å². The second kappa shape index (κ2) is 8.02. The summed E-state index contributed by atoms with van der Waals surface area (Å²) >= 11 is 6.11. The van der Waals surface area contributed by atoms with Gasteiger partial charge in [-0.2, -0.15) is 23.0 Å². The highest BCUT2D eigenvalue weighted by Gasteiger charge is 2.30. The first-order chi connectivity index (χ1) is 13.3.